The highest BCUT2D eigenvalue weighted by molar-refractivity contribution is 9.09. The van der Waals surface area contributed by atoms with Crippen LogP contribution in [0.5, 0.6) is 0 Å². The lowest BCUT2D eigenvalue weighted by molar-refractivity contribution is 0.0600. The molecule has 1 aromatic rings. The molecule has 0 fully saturated rings. The Hall–Kier alpha value is -1.03. The number of carbonyl (C=O) groups is 1. The van der Waals surface area contributed by atoms with Crippen LogP contribution in [0, 0.1) is 0 Å². The Morgan fingerprint density at radius 2 is 2.20 bits per heavy atom. The van der Waals surface area contributed by atoms with Crippen molar-refractivity contribution in [1.82, 2.24) is 0 Å². The number of hydrogen-bond acceptors (Lipinski definition) is 3. The predicted molar refractivity (Wildman–Crippen MR) is 64.3 cm³/mol. The van der Waals surface area contributed by atoms with E-state index < -0.39 is 0 Å². The number of nitrogens with two attached hydrogens (primary N) is 1. The van der Waals surface area contributed by atoms with E-state index in [1.807, 2.05) is 12.1 Å². The summed E-state index contributed by atoms with van der Waals surface area (Å²) in [6.45, 7) is 0. The maximum atomic E-state index is 11.3. The van der Waals surface area contributed by atoms with Crippen LogP contribution in [-0.2, 0) is 11.2 Å². The molecule has 1 rings (SSSR count). The normalized spacial score (nSPS) is 10.0. The minimum Gasteiger partial charge on any atom is -0.465 e. The van der Waals surface area contributed by atoms with E-state index in [1.54, 1.807) is 6.07 Å². The van der Waals surface area contributed by atoms with E-state index in [0.717, 1.165) is 23.7 Å². The van der Waals surface area contributed by atoms with Crippen molar-refractivity contribution in [3.8, 4) is 0 Å². The summed E-state index contributed by atoms with van der Waals surface area (Å²) in [6, 6.07) is 5.34. The van der Waals surface area contributed by atoms with Crippen molar-refractivity contribution >= 4 is 27.6 Å². The molecule has 0 unspecified atom stereocenters. The number of methoxy groups -OCH3 is 1. The maximum Gasteiger partial charge on any atom is 0.337 e. The molecular weight excluding hydrogens is 258 g/mol. The first-order valence-corrected chi connectivity index (χ1v) is 5.83. The summed E-state index contributed by atoms with van der Waals surface area (Å²) in [5, 5.41) is 0.940. The molecule has 15 heavy (non-hydrogen) atoms. The number of benzene rings is 1. The van der Waals surface area contributed by atoms with Crippen LogP contribution < -0.4 is 5.73 Å². The summed E-state index contributed by atoms with van der Waals surface area (Å²) in [5.74, 6) is -0.345. The highest BCUT2D eigenvalue weighted by Gasteiger charge is 2.07. The molecule has 0 amide bonds. The van der Waals surface area contributed by atoms with E-state index in [1.165, 1.54) is 7.11 Å². The summed E-state index contributed by atoms with van der Waals surface area (Å²) >= 11 is 3.36. The van der Waals surface area contributed by atoms with Crippen LogP contribution >= 0.6 is 15.9 Å². The molecule has 0 radical (unpaired) electrons. The van der Waals surface area contributed by atoms with Crippen LogP contribution in [-0.4, -0.2) is 18.4 Å². The molecule has 0 aromatic heterocycles. The molecule has 0 spiro atoms. The van der Waals surface area contributed by atoms with Gasteiger partial charge in [0.15, 0.2) is 0 Å². The third-order valence-electron chi connectivity index (χ3n) is 2.04. The largest absolute Gasteiger partial charge is 0.465 e. The molecule has 2 N–H and O–H groups in total. The number of nitrogen functional groups attached to an aromatic ring is 1. The van der Waals surface area contributed by atoms with Gasteiger partial charge in [-0.25, -0.2) is 4.79 Å². The number of alkyl halides is 1. The van der Waals surface area contributed by atoms with Gasteiger partial charge in [-0.05, 0) is 36.6 Å². The van der Waals surface area contributed by atoms with Crippen molar-refractivity contribution in [2.24, 2.45) is 0 Å². The van der Waals surface area contributed by atoms with Gasteiger partial charge in [0.2, 0.25) is 0 Å². The van der Waals surface area contributed by atoms with Crippen molar-refractivity contribution in [1.29, 1.82) is 0 Å². The molecule has 4 heteroatoms. The third-order valence-corrected chi connectivity index (χ3v) is 2.60. The van der Waals surface area contributed by atoms with Crippen LogP contribution in [0.4, 0.5) is 5.69 Å². The van der Waals surface area contributed by atoms with E-state index in [9.17, 15) is 4.79 Å². The number of carbonyl (C=O) groups excluding carboxylic acids is 1. The second kappa shape index (κ2) is 5.75. The van der Waals surface area contributed by atoms with Crippen molar-refractivity contribution in [2.75, 3.05) is 18.2 Å². The topological polar surface area (TPSA) is 52.3 Å². The number of halogens is 1. The fourth-order valence-electron chi connectivity index (χ4n) is 1.37. The third kappa shape index (κ3) is 3.55. The van der Waals surface area contributed by atoms with Crippen LogP contribution in [0.1, 0.15) is 22.3 Å². The number of rotatable bonds is 4. The Bertz CT molecular complexity index is 352. The monoisotopic (exact) mass is 271 g/mol. The Kier molecular flexibility index (Phi) is 4.62. The summed E-state index contributed by atoms with van der Waals surface area (Å²) in [5.41, 5.74) is 7.88. The van der Waals surface area contributed by atoms with E-state index in [-0.39, 0.29) is 5.97 Å². The first-order chi connectivity index (χ1) is 7.17. The van der Waals surface area contributed by atoms with Gasteiger partial charge in [-0.1, -0.05) is 15.9 Å². The van der Waals surface area contributed by atoms with Crippen molar-refractivity contribution in [2.45, 2.75) is 12.8 Å². The second-order valence-electron chi connectivity index (χ2n) is 3.25. The van der Waals surface area contributed by atoms with Crippen molar-refractivity contribution < 1.29 is 9.53 Å². The van der Waals surface area contributed by atoms with Gasteiger partial charge in [-0.2, -0.15) is 0 Å². The zero-order valence-electron chi connectivity index (χ0n) is 8.63. The highest BCUT2D eigenvalue weighted by atomic mass is 79.9. The average molecular weight is 272 g/mol. The van der Waals surface area contributed by atoms with Gasteiger partial charge in [0.25, 0.3) is 0 Å². The lowest BCUT2D eigenvalue weighted by atomic mass is 10.1. The Balaban J connectivity index is 2.89. The molecule has 3 nitrogen and oxygen atoms in total. The summed E-state index contributed by atoms with van der Waals surface area (Å²) in [4.78, 5) is 11.3. The zero-order chi connectivity index (χ0) is 11.3. The van der Waals surface area contributed by atoms with Gasteiger partial charge in [-0.3, -0.25) is 0 Å². The molecule has 0 atom stereocenters. The molecule has 0 aliphatic rings. The summed E-state index contributed by atoms with van der Waals surface area (Å²) in [6.07, 6.45) is 1.92. The first-order valence-electron chi connectivity index (χ1n) is 4.71. The SMILES string of the molecule is COC(=O)c1cc(N)cc(CCCBr)c1. The number of hydrogen-bond donors (Lipinski definition) is 1. The Labute approximate surface area is 97.7 Å². The minimum atomic E-state index is -0.345. The predicted octanol–water partition coefficient (Wildman–Crippen LogP) is 2.38. The molecule has 0 saturated carbocycles. The highest BCUT2D eigenvalue weighted by Crippen LogP contribution is 2.15. The summed E-state index contributed by atoms with van der Waals surface area (Å²) < 4.78 is 4.65. The smallest absolute Gasteiger partial charge is 0.337 e. The van der Waals surface area contributed by atoms with E-state index in [0.29, 0.717) is 11.3 Å². The van der Waals surface area contributed by atoms with Gasteiger partial charge < -0.3 is 10.5 Å². The zero-order valence-corrected chi connectivity index (χ0v) is 10.2. The fraction of sp³-hybridized carbons (Fsp3) is 0.364. The van der Waals surface area contributed by atoms with Gasteiger partial charge in [0.05, 0.1) is 12.7 Å². The van der Waals surface area contributed by atoms with Gasteiger partial charge in [0.1, 0.15) is 0 Å². The van der Waals surface area contributed by atoms with Crippen LogP contribution in [0.25, 0.3) is 0 Å². The molecule has 0 aliphatic heterocycles. The second-order valence-corrected chi connectivity index (χ2v) is 4.04. The van der Waals surface area contributed by atoms with Crippen LogP contribution in [0.3, 0.4) is 0 Å². The molecule has 1 aromatic carbocycles. The Morgan fingerprint density at radius 3 is 2.80 bits per heavy atom. The molecule has 82 valence electrons. The molecular formula is C11H14BrNO2. The molecule has 0 heterocycles. The Morgan fingerprint density at radius 1 is 1.47 bits per heavy atom. The van der Waals surface area contributed by atoms with Crippen LogP contribution in [0.2, 0.25) is 0 Å². The maximum absolute atomic E-state index is 11.3. The molecule has 0 bridgehead atoms. The number of ether oxygens (including phenoxy) is 1. The number of esters is 1. The van der Waals surface area contributed by atoms with Crippen LogP contribution in [0.15, 0.2) is 18.2 Å². The quantitative estimate of drug-likeness (QED) is 0.520. The fourth-order valence-corrected chi connectivity index (χ4v) is 1.65. The lowest BCUT2D eigenvalue weighted by Crippen LogP contribution is -2.03. The van der Waals surface area contributed by atoms with E-state index in [2.05, 4.69) is 20.7 Å². The summed E-state index contributed by atoms with van der Waals surface area (Å²) in [7, 11) is 1.36. The minimum absolute atomic E-state index is 0.345. The lowest BCUT2D eigenvalue weighted by Gasteiger charge is -2.05. The number of aryl methyl sites for hydroxylation is 1. The van der Waals surface area contributed by atoms with E-state index in [4.69, 9.17) is 5.73 Å². The standard InChI is InChI=1S/C11H14BrNO2/c1-15-11(14)9-5-8(3-2-4-12)6-10(13)7-9/h5-7H,2-4,13H2,1H3. The van der Waals surface area contributed by atoms with E-state index >= 15 is 0 Å². The number of anilines is 1. The molecule has 0 aliphatic carbocycles. The molecule has 0 saturated heterocycles. The average Bonchev–Trinajstić information content (AvgIpc) is 2.24. The van der Waals surface area contributed by atoms with Gasteiger partial charge in [-0.15, -0.1) is 0 Å². The van der Waals surface area contributed by atoms with Crippen molar-refractivity contribution in [3.05, 3.63) is 29.3 Å². The van der Waals surface area contributed by atoms with Crippen molar-refractivity contribution in [3.63, 3.8) is 0 Å². The van der Waals surface area contributed by atoms with Gasteiger partial charge in [0, 0.05) is 11.0 Å². The van der Waals surface area contributed by atoms with Gasteiger partial charge >= 0.3 is 5.97 Å². The first kappa shape index (κ1) is 12.0.